The minimum absolute atomic E-state index is 0.0212. The van der Waals surface area contributed by atoms with Gasteiger partial charge in [0.15, 0.2) is 11.4 Å². The molecular formula is C17H30NO5+. The van der Waals surface area contributed by atoms with Crippen molar-refractivity contribution in [3.63, 3.8) is 0 Å². The van der Waals surface area contributed by atoms with Crippen LogP contribution < -0.4 is 0 Å². The van der Waals surface area contributed by atoms with E-state index in [4.69, 9.17) is 10.2 Å². The highest BCUT2D eigenvalue weighted by Gasteiger charge is 2.41. The molecule has 3 N–H and O–H groups in total. The predicted molar refractivity (Wildman–Crippen MR) is 88.9 cm³/mol. The molecule has 0 aliphatic rings. The molecule has 0 aliphatic carbocycles. The molecule has 132 valence electrons. The Morgan fingerprint density at radius 2 is 1.74 bits per heavy atom. The smallest absolute Gasteiger partial charge is 0.307 e. The fourth-order valence-corrected chi connectivity index (χ4v) is 2.28. The van der Waals surface area contributed by atoms with Gasteiger partial charge in [-0.25, -0.2) is 0 Å². The average molecular weight is 328 g/mol. The molecule has 0 aromatic heterocycles. The number of quaternary nitrogens is 1. The van der Waals surface area contributed by atoms with E-state index < -0.39 is 23.8 Å². The highest BCUT2D eigenvalue weighted by Crippen LogP contribution is 2.17. The van der Waals surface area contributed by atoms with Crippen LogP contribution in [0.5, 0.6) is 0 Å². The van der Waals surface area contributed by atoms with Crippen molar-refractivity contribution in [3.8, 4) is 0 Å². The molecule has 0 aliphatic heterocycles. The SMILES string of the molecule is C[N+](C)(C)CC(O)(CC(=O)O)C(=O)C=CC=CCCCCCO. The Bertz CT molecular complexity index is 437. The van der Waals surface area contributed by atoms with Gasteiger partial charge in [-0.1, -0.05) is 24.6 Å². The lowest BCUT2D eigenvalue weighted by atomic mass is 9.92. The molecule has 23 heavy (non-hydrogen) atoms. The van der Waals surface area contributed by atoms with Crippen LogP contribution in [0.2, 0.25) is 0 Å². The molecule has 0 radical (unpaired) electrons. The molecule has 0 rings (SSSR count). The first kappa shape index (κ1) is 21.5. The fourth-order valence-electron chi connectivity index (χ4n) is 2.28. The summed E-state index contributed by atoms with van der Waals surface area (Å²) >= 11 is 0. The van der Waals surface area contributed by atoms with Crippen molar-refractivity contribution < 1.29 is 29.4 Å². The Balaban J connectivity index is 4.62. The quantitative estimate of drug-likeness (QED) is 0.216. The molecule has 0 aromatic carbocycles. The number of carboxylic acid groups (broad SMARTS) is 1. The van der Waals surface area contributed by atoms with Crippen LogP contribution in [0.15, 0.2) is 24.3 Å². The molecule has 1 atom stereocenters. The molecule has 0 spiro atoms. The minimum Gasteiger partial charge on any atom is -0.481 e. The Morgan fingerprint density at radius 1 is 1.09 bits per heavy atom. The van der Waals surface area contributed by atoms with E-state index in [2.05, 4.69) is 0 Å². The van der Waals surface area contributed by atoms with Crippen LogP contribution in [0.3, 0.4) is 0 Å². The van der Waals surface area contributed by atoms with Crippen molar-refractivity contribution >= 4 is 11.8 Å². The molecule has 0 aromatic rings. The van der Waals surface area contributed by atoms with Gasteiger partial charge in [0, 0.05) is 6.61 Å². The summed E-state index contributed by atoms with van der Waals surface area (Å²) in [6.07, 6.45) is 9.29. The number of unbranched alkanes of at least 4 members (excludes halogenated alkanes) is 3. The Labute approximate surface area is 138 Å². The molecule has 0 amide bonds. The second-order valence-electron chi connectivity index (χ2n) is 6.77. The minimum atomic E-state index is -1.91. The monoisotopic (exact) mass is 328 g/mol. The summed E-state index contributed by atoms with van der Waals surface area (Å²) in [7, 11) is 5.36. The number of likely N-dealkylation sites (N-methyl/N-ethyl adjacent to an activating group) is 1. The van der Waals surface area contributed by atoms with Gasteiger partial charge in [-0.3, -0.25) is 9.59 Å². The van der Waals surface area contributed by atoms with Crippen molar-refractivity contribution in [1.29, 1.82) is 0 Å². The normalized spacial score (nSPS) is 15.2. The van der Waals surface area contributed by atoms with E-state index in [9.17, 15) is 14.7 Å². The zero-order valence-corrected chi connectivity index (χ0v) is 14.4. The number of allylic oxidation sites excluding steroid dienone is 3. The second kappa shape index (κ2) is 10.3. The number of rotatable bonds is 12. The molecule has 6 heteroatoms. The van der Waals surface area contributed by atoms with Crippen LogP contribution >= 0.6 is 0 Å². The third kappa shape index (κ3) is 10.8. The summed E-state index contributed by atoms with van der Waals surface area (Å²) in [6, 6.07) is 0. The van der Waals surface area contributed by atoms with Gasteiger partial charge >= 0.3 is 5.97 Å². The standard InChI is InChI=1S/C17H29NO5/c1-18(2,3)14-17(23,13-16(21)22)15(20)11-9-7-5-4-6-8-10-12-19/h5,7,9,11,19,23H,4,6,8,10,12-14H2,1-3H3/p+1. The van der Waals surface area contributed by atoms with Gasteiger partial charge in [0.2, 0.25) is 0 Å². The topological polar surface area (TPSA) is 94.8 Å². The molecule has 1 unspecified atom stereocenters. The summed E-state index contributed by atoms with van der Waals surface area (Å²) < 4.78 is 0.282. The Morgan fingerprint density at radius 3 is 2.26 bits per heavy atom. The number of ketones is 1. The molecule has 0 fully saturated rings. The van der Waals surface area contributed by atoms with Crippen LogP contribution in [0.4, 0.5) is 0 Å². The Kier molecular flexibility index (Phi) is 9.64. The summed E-state index contributed by atoms with van der Waals surface area (Å²) in [5, 5.41) is 28.0. The predicted octanol–water partition coefficient (Wildman–Crippen LogP) is 1.13. The molecule has 0 saturated heterocycles. The first-order valence-electron chi connectivity index (χ1n) is 7.84. The molecule has 6 nitrogen and oxygen atoms in total. The third-order valence-electron chi connectivity index (χ3n) is 3.16. The number of hydrogen-bond acceptors (Lipinski definition) is 4. The third-order valence-corrected chi connectivity index (χ3v) is 3.16. The van der Waals surface area contributed by atoms with Crippen LogP contribution in [0.25, 0.3) is 0 Å². The van der Waals surface area contributed by atoms with Gasteiger partial charge in [-0.2, -0.15) is 0 Å². The number of hydrogen-bond donors (Lipinski definition) is 3. The van der Waals surface area contributed by atoms with E-state index >= 15 is 0 Å². The lowest BCUT2D eigenvalue weighted by molar-refractivity contribution is -0.875. The highest BCUT2D eigenvalue weighted by molar-refractivity contribution is 5.99. The van der Waals surface area contributed by atoms with Gasteiger partial charge in [0.1, 0.15) is 6.54 Å². The maximum atomic E-state index is 12.2. The zero-order chi connectivity index (χ0) is 17.9. The number of carbonyl (C=O) groups is 2. The van der Waals surface area contributed by atoms with E-state index in [0.717, 1.165) is 25.7 Å². The molecule has 0 bridgehead atoms. The second-order valence-corrected chi connectivity index (χ2v) is 6.77. The summed E-state index contributed by atoms with van der Waals surface area (Å²) in [5.41, 5.74) is -1.91. The summed E-state index contributed by atoms with van der Waals surface area (Å²) in [6.45, 7) is 0.222. The largest absolute Gasteiger partial charge is 0.481 e. The highest BCUT2D eigenvalue weighted by atomic mass is 16.4. The maximum absolute atomic E-state index is 12.2. The van der Waals surface area contributed by atoms with E-state index in [1.807, 2.05) is 6.08 Å². The van der Waals surface area contributed by atoms with Crippen molar-refractivity contribution in [2.45, 2.75) is 37.7 Å². The van der Waals surface area contributed by atoms with Crippen LogP contribution in [-0.4, -0.2) is 71.5 Å². The lowest BCUT2D eigenvalue weighted by Gasteiger charge is -2.33. The number of nitrogens with zero attached hydrogens (tertiary/aromatic N) is 1. The summed E-state index contributed by atoms with van der Waals surface area (Å²) in [4.78, 5) is 23.1. The number of carboxylic acids is 1. The first-order valence-corrected chi connectivity index (χ1v) is 7.84. The van der Waals surface area contributed by atoms with Gasteiger partial charge in [-0.15, -0.1) is 0 Å². The van der Waals surface area contributed by atoms with E-state index in [-0.39, 0.29) is 17.6 Å². The van der Waals surface area contributed by atoms with Gasteiger partial charge in [0.05, 0.1) is 27.6 Å². The van der Waals surface area contributed by atoms with Crippen molar-refractivity contribution in [2.75, 3.05) is 34.3 Å². The molecule has 0 saturated carbocycles. The fraction of sp³-hybridized carbons (Fsp3) is 0.647. The maximum Gasteiger partial charge on any atom is 0.307 e. The zero-order valence-electron chi connectivity index (χ0n) is 14.4. The number of carbonyl (C=O) groups excluding carboxylic acids is 1. The molecule has 0 heterocycles. The van der Waals surface area contributed by atoms with E-state index in [1.165, 1.54) is 12.2 Å². The lowest BCUT2D eigenvalue weighted by Crippen LogP contribution is -2.54. The average Bonchev–Trinajstić information content (AvgIpc) is 2.38. The number of aliphatic hydroxyl groups excluding tert-OH is 1. The Hall–Kier alpha value is -1.50. The first-order chi connectivity index (χ1) is 10.6. The van der Waals surface area contributed by atoms with Crippen molar-refractivity contribution in [2.24, 2.45) is 0 Å². The van der Waals surface area contributed by atoms with Crippen LogP contribution in [0.1, 0.15) is 32.1 Å². The van der Waals surface area contributed by atoms with E-state index in [1.54, 1.807) is 27.2 Å². The van der Waals surface area contributed by atoms with E-state index in [0.29, 0.717) is 0 Å². The van der Waals surface area contributed by atoms with Crippen molar-refractivity contribution in [1.82, 2.24) is 0 Å². The van der Waals surface area contributed by atoms with Gasteiger partial charge < -0.3 is 19.8 Å². The van der Waals surface area contributed by atoms with Gasteiger partial charge in [-0.05, 0) is 25.3 Å². The van der Waals surface area contributed by atoms with Crippen molar-refractivity contribution in [3.05, 3.63) is 24.3 Å². The van der Waals surface area contributed by atoms with Gasteiger partial charge in [0.25, 0.3) is 0 Å². The van der Waals surface area contributed by atoms with Crippen LogP contribution in [-0.2, 0) is 9.59 Å². The van der Waals surface area contributed by atoms with Crippen LogP contribution in [0, 0.1) is 0 Å². The molecular weight excluding hydrogens is 298 g/mol. The number of aliphatic carboxylic acids is 1. The summed E-state index contributed by atoms with van der Waals surface area (Å²) in [5.74, 6) is -1.81. The number of aliphatic hydroxyl groups is 2.